The van der Waals surface area contributed by atoms with Gasteiger partial charge < -0.3 is 10.1 Å². The van der Waals surface area contributed by atoms with E-state index in [1.54, 1.807) is 36.4 Å². The SMILES string of the molecule is Cc1ccc(NC(=O)CC(=O)NN=Cc2cc(Cl)ccc2OCc2ccc(C#N)cc2)c(C)c1. The molecule has 0 atom stereocenters. The lowest BCUT2D eigenvalue weighted by Gasteiger charge is -2.10. The van der Waals surface area contributed by atoms with E-state index in [0.717, 1.165) is 16.7 Å². The predicted octanol–water partition coefficient (Wildman–Crippen LogP) is 4.89. The number of hydrogen-bond acceptors (Lipinski definition) is 5. The molecule has 3 aromatic carbocycles. The Hall–Kier alpha value is -4.15. The quantitative estimate of drug-likeness (QED) is 0.275. The first-order valence-corrected chi connectivity index (χ1v) is 10.8. The molecule has 7 nitrogen and oxygen atoms in total. The van der Waals surface area contributed by atoms with Crippen LogP contribution in [0, 0.1) is 25.2 Å². The van der Waals surface area contributed by atoms with Gasteiger partial charge in [0, 0.05) is 16.3 Å². The first kappa shape index (κ1) is 24.5. The first-order valence-electron chi connectivity index (χ1n) is 10.4. The van der Waals surface area contributed by atoms with Crippen molar-refractivity contribution in [3.8, 4) is 11.8 Å². The van der Waals surface area contributed by atoms with Gasteiger partial charge >= 0.3 is 0 Å². The van der Waals surface area contributed by atoms with E-state index >= 15 is 0 Å². The summed E-state index contributed by atoms with van der Waals surface area (Å²) in [5.74, 6) is -0.478. The number of hydrazone groups is 1. The molecule has 0 fully saturated rings. The van der Waals surface area contributed by atoms with Gasteiger partial charge in [-0.25, -0.2) is 5.43 Å². The summed E-state index contributed by atoms with van der Waals surface area (Å²) in [7, 11) is 0. The number of nitriles is 1. The molecule has 0 aromatic heterocycles. The Kier molecular flexibility index (Phi) is 8.38. The van der Waals surface area contributed by atoms with E-state index in [4.69, 9.17) is 21.6 Å². The Labute approximate surface area is 203 Å². The highest BCUT2D eigenvalue weighted by atomic mass is 35.5. The smallest absolute Gasteiger partial charge is 0.249 e. The van der Waals surface area contributed by atoms with Gasteiger partial charge in [0.05, 0.1) is 17.8 Å². The molecule has 0 radical (unpaired) electrons. The van der Waals surface area contributed by atoms with Crippen molar-refractivity contribution in [2.24, 2.45) is 5.10 Å². The lowest BCUT2D eigenvalue weighted by Crippen LogP contribution is -2.24. The summed E-state index contributed by atoms with van der Waals surface area (Å²) in [4.78, 5) is 24.3. The average molecular weight is 475 g/mol. The van der Waals surface area contributed by atoms with Crippen LogP contribution < -0.4 is 15.5 Å². The molecule has 3 rings (SSSR count). The third kappa shape index (κ3) is 7.19. The number of benzene rings is 3. The molecule has 0 aliphatic rings. The number of carbonyl (C=O) groups is 2. The second kappa shape index (κ2) is 11.6. The normalized spacial score (nSPS) is 10.5. The van der Waals surface area contributed by atoms with Gasteiger partial charge in [-0.15, -0.1) is 0 Å². The summed E-state index contributed by atoms with van der Waals surface area (Å²) < 4.78 is 5.85. The van der Waals surface area contributed by atoms with Gasteiger partial charge in [0.15, 0.2) is 0 Å². The molecular formula is C26H23ClN4O3. The van der Waals surface area contributed by atoms with Gasteiger partial charge in [-0.2, -0.15) is 10.4 Å². The fourth-order valence-electron chi connectivity index (χ4n) is 3.10. The van der Waals surface area contributed by atoms with Crippen molar-refractivity contribution < 1.29 is 14.3 Å². The van der Waals surface area contributed by atoms with E-state index in [2.05, 4.69) is 21.9 Å². The zero-order valence-corrected chi connectivity index (χ0v) is 19.5. The van der Waals surface area contributed by atoms with Crippen molar-refractivity contribution in [1.29, 1.82) is 5.26 Å². The summed E-state index contributed by atoms with van der Waals surface area (Å²) in [6.07, 6.45) is 1.03. The van der Waals surface area contributed by atoms with Crippen LogP contribution >= 0.6 is 11.6 Å². The number of anilines is 1. The maximum Gasteiger partial charge on any atom is 0.249 e. The standard InChI is InChI=1S/C26H23ClN4O3/c1-17-3-9-23(18(2)11-17)30-25(32)13-26(33)31-29-15-21-12-22(27)8-10-24(21)34-16-20-6-4-19(14-28)5-7-20/h3-12,15H,13,16H2,1-2H3,(H,30,32)(H,31,33). The molecule has 172 valence electrons. The number of ether oxygens (including phenoxy) is 1. The summed E-state index contributed by atoms with van der Waals surface area (Å²) in [6.45, 7) is 4.13. The second-order valence-corrected chi connectivity index (χ2v) is 8.05. The fraction of sp³-hybridized carbons (Fsp3) is 0.154. The van der Waals surface area contributed by atoms with Gasteiger partial charge in [0.2, 0.25) is 11.8 Å². The minimum atomic E-state index is -0.555. The van der Waals surface area contributed by atoms with Crippen LogP contribution in [-0.4, -0.2) is 18.0 Å². The van der Waals surface area contributed by atoms with Gasteiger partial charge in [-0.3, -0.25) is 9.59 Å². The van der Waals surface area contributed by atoms with Crippen LogP contribution in [-0.2, 0) is 16.2 Å². The lowest BCUT2D eigenvalue weighted by atomic mass is 10.1. The molecule has 8 heteroatoms. The van der Waals surface area contributed by atoms with E-state index in [0.29, 0.717) is 27.6 Å². The summed E-state index contributed by atoms with van der Waals surface area (Å²) in [6, 6.07) is 19.8. The number of nitrogens with zero attached hydrogens (tertiary/aromatic N) is 2. The van der Waals surface area contributed by atoms with E-state index in [1.165, 1.54) is 6.21 Å². The van der Waals surface area contributed by atoms with Crippen molar-refractivity contribution in [1.82, 2.24) is 5.43 Å². The molecule has 3 aromatic rings. The third-order valence-electron chi connectivity index (χ3n) is 4.82. The molecule has 0 saturated heterocycles. The summed E-state index contributed by atoms with van der Waals surface area (Å²) in [5, 5.41) is 16.0. The van der Waals surface area contributed by atoms with Gasteiger partial charge in [-0.1, -0.05) is 41.4 Å². The largest absolute Gasteiger partial charge is 0.488 e. The van der Waals surface area contributed by atoms with Crippen LogP contribution in [0.2, 0.25) is 5.02 Å². The Bertz CT molecular complexity index is 1260. The Morgan fingerprint density at radius 3 is 2.53 bits per heavy atom. The Morgan fingerprint density at radius 1 is 1.06 bits per heavy atom. The number of nitrogens with one attached hydrogen (secondary N) is 2. The van der Waals surface area contributed by atoms with E-state index < -0.39 is 11.8 Å². The Balaban J connectivity index is 1.56. The molecule has 0 heterocycles. The first-order chi connectivity index (χ1) is 16.3. The van der Waals surface area contributed by atoms with Crippen LogP contribution in [0.1, 0.15) is 34.2 Å². The molecule has 0 spiro atoms. The number of halogens is 1. The number of carbonyl (C=O) groups excluding carboxylic acids is 2. The monoisotopic (exact) mass is 474 g/mol. The number of rotatable bonds is 8. The summed E-state index contributed by atoms with van der Waals surface area (Å²) in [5.41, 5.74) is 7.03. The van der Waals surface area contributed by atoms with E-state index in [1.807, 2.05) is 38.1 Å². The molecule has 0 aliphatic heterocycles. The molecule has 0 bridgehead atoms. The molecular weight excluding hydrogens is 452 g/mol. The zero-order chi connectivity index (χ0) is 24.5. The minimum Gasteiger partial charge on any atom is -0.488 e. The van der Waals surface area contributed by atoms with Crippen molar-refractivity contribution in [2.75, 3.05) is 5.32 Å². The van der Waals surface area contributed by atoms with Gasteiger partial charge in [0.25, 0.3) is 0 Å². The van der Waals surface area contributed by atoms with Gasteiger partial charge in [0.1, 0.15) is 18.8 Å². The third-order valence-corrected chi connectivity index (χ3v) is 5.05. The second-order valence-electron chi connectivity index (χ2n) is 7.62. The van der Waals surface area contributed by atoms with Crippen LogP contribution in [0.3, 0.4) is 0 Å². The molecule has 0 saturated carbocycles. The molecule has 0 unspecified atom stereocenters. The number of amides is 2. The minimum absolute atomic E-state index is 0.277. The maximum atomic E-state index is 12.2. The van der Waals surface area contributed by atoms with Crippen LogP contribution in [0.25, 0.3) is 0 Å². The number of hydrogen-bond donors (Lipinski definition) is 2. The van der Waals surface area contributed by atoms with Crippen molar-refractivity contribution in [2.45, 2.75) is 26.9 Å². The molecule has 2 amide bonds. The topological polar surface area (TPSA) is 104 Å². The zero-order valence-electron chi connectivity index (χ0n) is 18.8. The fourth-order valence-corrected chi connectivity index (χ4v) is 3.28. The Morgan fingerprint density at radius 2 is 1.82 bits per heavy atom. The average Bonchev–Trinajstić information content (AvgIpc) is 2.80. The highest BCUT2D eigenvalue weighted by molar-refractivity contribution is 6.30. The summed E-state index contributed by atoms with van der Waals surface area (Å²) >= 11 is 6.09. The van der Waals surface area contributed by atoms with E-state index in [-0.39, 0.29) is 13.0 Å². The molecule has 34 heavy (non-hydrogen) atoms. The maximum absolute atomic E-state index is 12.2. The van der Waals surface area contributed by atoms with Crippen LogP contribution in [0.4, 0.5) is 5.69 Å². The highest BCUT2D eigenvalue weighted by Gasteiger charge is 2.11. The van der Waals surface area contributed by atoms with Crippen LogP contribution in [0.15, 0.2) is 65.8 Å². The van der Waals surface area contributed by atoms with E-state index in [9.17, 15) is 9.59 Å². The van der Waals surface area contributed by atoms with Crippen molar-refractivity contribution >= 4 is 35.3 Å². The number of aryl methyl sites for hydroxylation is 2. The predicted molar refractivity (Wildman–Crippen MR) is 132 cm³/mol. The van der Waals surface area contributed by atoms with Crippen molar-refractivity contribution in [3.63, 3.8) is 0 Å². The van der Waals surface area contributed by atoms with Gasteiger partial charge in [-0.05, 0) is 61.4 Å². The highest BCUT2D eigenvalue weighted by Crippen LogP contribution is 2.22. The van der Waals surface area contributed by atoms with Crippen molar-refractivity contribution in [3.05, 3.63) is 93.5 Å². The lowest BCUT2D eigenvalue weighted by molar-refractivity contribution is -0.126. The van der Waals surface area contributed by atoms with Crippen LogP contribution in [0.5, 0.6) is 5.75 Å². The molecule has 0 aliphatic carbocycles. The molecule has 2 N–H and O–H groups in total.